The molecule has 7 nitrogen and oxygen atoms in total. The van der Waals surface area contributed by atoms with Crippen LogP contribution in [0, 0.1) is 0 Å². The van der Waals surface area contributed by atoms with Gasteiger partial charge in [0.1, 0.15) is 0 Å². The molecule has 8 heteroatoms. The summed E-state index contributed by atoms with van der Waals surface area (Å²) in [5.41, 5.74) is 1.80. The van der Waals surface area contributed by atoms with Gasteiger partial charge in [-0.15, -0.1) is 0 Å². The molecule has 0 saturated carbocycles. The Morgan fingerprint density at radius 2 is 1.70 bits per heavy atom. The van der Waals surface area contributed by atoms with E-state index in [2.05, 4.69) is 15.5 Å². The van der Waals surface area contributed by atoms with Crippen LogP contribution < -0.4 is 19.5 Å². The van der Waals surface area contributed by atoms with Crippen molar-refractivity contribution in [3.63, 3.8) is 0 Å². The second kappa shape index (κ2) is 8.64. The minimum Gasteiger partial charge on any atom is -0.493 e. The van der Waals surface area contributed by atoms with Crippen LogP contribution >= 0.6 is 11.6 Å². The number of aromatic nitrogens is 2. The molecule has 0 amide bonds. The molecule has 3 aromatic rings. The average molecular weight is 390 g/mol. The third-order valence-corrected chi connectivity index (χ3v) is 4.23. The Labute approximate surface area is 162 Å². The van der Waals surface area contributed by atoms with Gasteiger partial charge in [-0.05, 0) is 36.2 Å². The van der Waals surface area contributed by atoms with Crippen LogP contribution in [-0.4, -0.2) is 38.0 Å². The molecule has 0 spiro atoms. The van der Waals surface area contributed by atoms with Gasteiger partial charge in [-0.1, -0.05) is 28.9 Å². The molecule has 0 atom stereocenters. The van der Waals surface area contributed by atoms with Crippen LogP contribution in [0.15, 0.2) is 40.9 Å². The molecule has 0 aliphatic rings. The van der Waals surface area contributed by atoms with Crippen molar-refractivity contribution in [3.05, 3.63) is 47.0 Å². The normalized spacial score (nSPS) is 10.5. The molecule has 2 aromatic carbocycles. The fraction of sp³-hybridized carbons (Fsp3) is 0.263. The summed E-state index contributed by atoms with van der Waals surface area (Å²) in [7, 11) is 4.66. The lowest BCUT2D eigenvalue weighted by Gasteiger charge is -2.13. The van der Waals surface area contributed by atoms with E-state index >= 15 is 0 Å². The van der Waals surface area contributed by atoms with E-state index < -0.39 is 0 Å². The van der Waals surface area contributed by atoms with Crippen molar-refractivity contribution in [3.8, 4) is 28.6 Å². The maximum atomic E-state index is 5.89. The molecule has 1 N–H and O–H groups in total. The first kappa shape index (κ1) is 18.8. The zero-order chi connectivity index (χ0) is 19.2. The van der Waals surface area contributed by atoms with Crippen LogP contribution in [0.1, 0.15) is 5.56 Å². The molecule has 0 fully saturated rings. The van der Waals surface area contributed by atoms with Gasteiger partial charge in [-0.2, -0.15) is 4.98 Å². The highest BCUT2D eigenvalue weighted by Crippen LogP contribution is 2.43. The molecule has 27 heavy (non-hydrogen) atoms. The molecule has 0 saturated heterocycles. The van der Waals surface area contributed by atoms with Crippen molar-refractivity contribution < 1.29 is 18.7 Å². The van der Waals surface area contributed by atoms with Crippen LogP contribution in [0.4, 0.5) is 6.01 Å². The molecule has 0 bridgehead atoms. The number of halogens is 1. The van der Waals surface area contributed by atoms with Crippen LogP contribution in [0.25, 0.3) is 11.4 Å². The number of hydrogen-bond donors (Lipinski definition) is 1. The van der Waals surface area contributed by atoms with Crippen LogP contribution in [-0.2, 0) is 6.42 Å². The number of hydrogen-bond acceptors (Lipinski definition) is 7. The molecule has 1 aromatic heterocycles. The molecule has 0 aliphatic carbocycles. The highest BCUT2D eigenvalue weighted by molar-refractivity contribution is 6.30. The molecule has 0 unspecified atom stereocenters. The maximum Gasteiger partial charge on any atom is 0.321 e. The number of rotatable bonds is 8. The van der Waals surface area contributed by atoms with Crippen molar-refractivity contribution in [2.75, 3.05) is 33.2 Å². The van der Waals surface area contributed by atoms with Gasteiger partial charge in [-0.3, -0.25) is 0 Å². The predicted octanol–water partition coefficient (Wildman–Crippen LogP) is 4.07. The molecule has 1 heterocycles. The molecular formula is C19H20ClN3O4. The number of benzene rings is 2. The Balaban J connectivity index is 1.72. The van der Waals surface area contributed by atoms with E-state index in [0.717, 1.165) is 17.0 Å². The smallest absolute Gasteiger partial charge is 0.321 e. The zero-order valence-electron chi connectivity index (χ0n) is 15.3. The highest BCUT2D eigenvalue weighted by Gasteiger charge is 2.20. The minimum atomic E-state index is 0.329. The summed E-state index contributed by atoms with van der Waals surface area (Å²) in [6, 6.07) is 11.6. The SMILES string of the molecule is COc1ccc(-c2noc(NCCc3ccc(Cl)cc3)n2)c(OC)c1OC. The van der Waals surface area contributed by atoms with Gasteiger partial charge in [0, 0.05) is 11.6 Å². The number of ether oxygens (including phenoxy) is 3. The second-order valence-electron chi connectivity index (χ2n) is 5.61. The first-order chi connectivity index (χ1) is 13.2. The topological polar surface area (TPSA) is 78.6 Å². The summed E-state index contributed by atoms with van der Waals surface area (Å²) >= 11 is 5.89. The summed E-state index contributed by atoms with van der Waals surface area (Å²) in [5.74, 6) is 1.90. The Morgan fingerprint density at radius 1 is 0.963 bits per heavy atom. The van der Waals surface area contributed by atoms with E-state index in [1.807, 2.05) is 24.3 Å². The number of nitrogens with zero attached hydrogens (tertiary/aromatic N) is 2. The minimum absolute atomic E-state index is 0.329. The van der Waals surface area contributed by atoms with Crippen molar-refractivity contribution in [1.29, 1.82) is 0 Å². The summed E-state index contributed by atoms with van der Waals surface area (Å²) in [5, 5.41) is 7.86. The Morgan fingerprint density at radius 3 is 2.37 bits per heavy atom. The van der Waals surface area contributed by atoms with E-state index in [1.54, 1.807) is 33.5 Å². The Bertz CT molecular complexity index is 896. The standard InChI is InChI=1S/C19H20ClN3O4/c1-24-15-9-8-14(16(25-2)17(15)26-3)18-22-19(27-23-18)21-11-10-12-4-6-13(20)7-5-12/h4-9H,10-11H2,1-3H3,(H,21,22,23). The molecule has 142 valence electrons. The fourth-order valence-electron chi connectivity index (χ4n) is 2.65. The van der Waals surface area contributed by atoms with Crippen molar-refractivity contribution in [2.24, 2.45) is 0 Å². The summed E-state index contributed by atoms with van der Waals surface area (Å²) in [6.45, 7) is 0.645. The first-order valence-electron chi connectivity index (χ1n) is 8.27. The molecular weight excluding hydrogens is 370 g/mol. The van der Waals surface area contributed by atoms with Crippen molar-refractivity contribution in [1.82, 2.24) is 10.1 Å². The lowest BCUT2D eigenvalue weighted by Crippen LogP contribution is -2.05. The van der Waals surface area contributed by atoms with Gasteiger partial charge < -0.3 is 24.1 Å². The van der Waals surface area contributed by atoms with E-state index in [0.29, 0.717) is 41.2 Å². The number of methoxy groups -OCH3 is 3. The van der Waals surface area contributed by atoms with Gasteiger partial charge in [0.15, 0.2) is 11.5 Å². The Kier molecular flexibility index (Phi) is 6.03. The summed E-state index contributed by atoms with van der Waals surface area (Å²) in [6.07, 6.45) is 0.800. The first-order valence-corrected chi connectivity index (χ1v) is 8.65. The summed E-state index contributed by atoms with van der Waals surface area (Å²) < 4.78 is 21.4. The molecule has 0 aliphatic heterocycles. The van der Waals surface area contributed by atoms with E-state index in [4.69, 9.17) is 30.3 Å². The predicted molar refractivity (Wildman–Crippen MR) is 103 cm³/mol. The Hall–Kier alpha value is -2.93. The van der Waals surface area contributed by atoms with Crippen molar-refractivity contribution >= 4 is 17.6 Å². The van der Waals surface area contributed by atoms with Crippen LogP contribution in [0.2, 0.25) is 5.02 Å². The van der Waals surface area contributed by atoms with Crippen LogP contribution in [0.3, 0.4) is 0 Å². The summed E-state index contributed by atoms with van der Waals surface area (Å²) in [4.78, 5) is 4.38. The lowest BCUT2D eigenvalue weighted by molar-refractivity contribution is 0.325. The zero-order valence-corrected chi connectivity index (χ0v) is 16.0. The largest absolute Gasteiger partial charge is 0.493 e. The van der Waals surface area contributed by atoms with Gasteiger partial charge in [0.2, 0.25) is 11.6 Å². The number of nitrogens with one attached hydrogen (secondary N) is 1. The van der Waals surface area contributed by atoms with E-state index in [1.165, 1.54) is 0 Å². The average Bonchev–Trinajstić information content (AvgIpc) is 3.16. The van der Waals surface area contributed by atoms with E-state index in [9.17, 15) is 0 Å². The monoisotopic (exact) mass is 389 g/mol. The highest BCUT2D eigenvalue weighted by atomic mass is 35.5. The van der Waals surface area contributed by atoms with Gasteiger partial charge in [0.05, 0.1) is 26.9 Å². The third-order valence-electron chi connectivity index (χ3n) is 3.97. The molecule has 0 radical (unpaired) electrons. The second-order valence-corrected chi connectivity index (χ2v) is 6.04. The van der Waals surface area contributed by atoms with Gasteiger partial charge >= 0.3 is 6.01 Å². The lowest BCUT2D eigenvalue weighted by atomic mass is 10.1. The van der Waals surface area contributed by atoms with Crippen LogP contribution in [0.5, 0.6) is 17.2 Å². The van der Waals surface area contributed by atoms with Gasteiger partial charge in [-0.25, -0.2) is 0 Å². The van der Waals surface area contributed by atoms with Crippen molar-refractivity contribution in [2.45, 2.75) is 6.42 Å². The van der Waals surface area contributed by atoms with Gasteiger partial charge in [0.25, 0.3) is 0 Å². The van der Waals surface area contributed by atoms with E-state index in [-0.39, 0.29) is 0 Å². The third kappa shape index (κ3) is 4.25. The maximum absolute atomic E-state index is 5.89. The fourth-order valence-corrected chi connectivity index (χ4v) is 2.77. The molecule has 3 rings (SSSR count). The number of anilines is 1. The quantitative estimate of drug-likeness (QED) is 0.622.